The lowest BCUT2D eigenvalue weighted by Crippen LogP contribution is -2.59. The number of rotatable bonds is 4. The summed E-state index contributed by atoms with van der Waals surface area (Å²) in [5.41, 5.74) is 6.71. The van der Waals surface area contributed by atoms with Gasteiger partial charge >= 0.3 is 0 Å². The number of nitrogens with one attached hydrogen (secondary N) is 1. The van der Waals surface area contributed by atoms with Gasteiger partial charge in [-0.2, -0.15) is 0 Å². The largest absolute Gasteiger partial charge is 0.463 e. The molecule has 0 unspecified atom stereocenters. The van der Waals surface area contributed by atoms with Crippen molar-refractivity contribution in [2.45, 2.75) is 51.7 Å². The molecule has 1 aliphatic rings. The molecule has 0 spiro atoms. The summed E-state index contributed by atoms with van der Waals surface area (Å²) < 4.78 is 11.6. The van der Waals surface area contributed by atoms with Crippen molar-refractivity contribution >= 4 is 11.6 Å². The zero-order chi connectivity index (χ0) is 16.3. The summed E-state index contributed by atoms with van der Waals surface area (Å²) in [5, 5.41) is 12.9. The van der Waals surface area contributed by atoms with E-state index in [1.165, 1.54) is 6.92 Å². The molecule has 0 saturated carbocycles. The maximum absolute atomic E-state index is 11.0. The Balaban J connectivity index is 2.04. The third-order valence-corrected chi connectivity index (χ3v) is 3.97. The van der Waals surface area contributed by atoms with Gasteiger partial charge in [-0.3, -0.25) is 4.79 Å². The molecular weight excluding hydrogens is 284 g/mol. The van der Waals surface area contributed by atoms with E-state index < -0.39 is 18.4 Å². The molecule has 2 rings (SSSR count). The lowest BCUT2D eigenvalue weighted by molar-refractivity contribution is -0.210. The van der Waals surface area contributed by atoms with E-state index in [4.69, 9.17) is 15.2 Å². The highest BCUT2D eigenvalue weighted by molar-refractivity contribution is 5.88. The molecule has 1 aromatic carbocycles. The van der Waals surface area contributed by atoms with Gasteiger partial charge in [0.25, 0.3) is 0 Å². The third-order valence-electron chi connectivity index (χ3n) is 3.97. The maximum Gasteiger partial charge on any atom is 0.221 e. The van der Waals surface area contributed by atoms with Gasteiger partial charge in [0.2, 0.25) is 12.2 Å². The lowest BCUT2D eigenvalue weighted by atomic mass is 9.88. The molecule has 122 valence electrons. The maximum atomic E-state index is 11.0. The van der Waals surface area contributed by atoms with Crippen LogP contribution < -0.4 is 15.8 Å². The van der Waals surface area contributed by atoms with Crippen molar-refractivity contribution in [2.75, 3.05) is 5.32 Å². The summed E-state index contributed by atoms with van der Waals surface area (Å²) in [6, 6.07) is 6.33. The molecule has 1 saturated heterocycles. The van der Waals surface area contributed by atoms with E-state index in [1.54, 1.807) is 24.3 Å². The Morgan fingerprint density at radius 3 is 2.59 bits per heavy atom. The van der Waals surface area contributed by atoms with Crippen LogP contribution in [0.25, 0.3) is 0 Å². The van der Waals surface area contributed by atoms with Crippen molar-refractivity contribution in [3.05, 3.63) is 24.3 Å². The number of hydrogen-bond donors (Lipinski definition) is 3. The van der Waals surface area contributed by atoms with E-state index in [0.717, 1.165) is 6.42 Å². The van der Waals surface area contributed by atoms with Gasteiger partial charge < -0.3 is 25.6 Å². The Hall–Kier alpha value is -1.63. The van der Waals surface area contributed by atoms with Crippen LogP contribution in [-0.4, -0.2) is 35.6 Å². The van der Waals surface area contributed by atoms with Gasteiger partial charge in [-0.15, -0.1) is 0 Å². The lowest BCUT2D eigenvalue weighted by Gasteiger charge is -2.41. The fourth-order valence-corrected chi connectivity index (χ4v) is 2.65. The van der Waals surface area contributed by atoms with Gasteiger partial charge in [0.15, 0.2) is 0 Å². The molecule has 0 aromatic heterocycles. The number of benzene rings is 1. The predicted molar refractivity (Wildman–Crippen MR) is 83.5 cm³/mol. The molecule has 1 aliphatic heterocycles. The average Bonchev–Trinajstić information content (AvgIpc) is 2.49. The van der Waals surface area contributed by atoms with Gasteiger partial charge in [0, 0.05) is 18.5 Å². The molecule has 1 heterocycles. The normalized spacial score (nSPS) is 31.6. The molecule has 6 nitrogen and oxygen atoms in total. The number of aliphatic hydroxyl groups excluding tert-OH is 1. The average molecular weight is 308 g/mol. The summed E-state index contributed by atoms with van der Waals surface area (Å²) >= 11 is 0. The Morgan fingerprint density at radius 1 is 1.41 bits per heavy atom. The van der Waals surface area contributed by atoms with E-state index in [2.05, 4.69) is 5.32 Å². The van der Waals surface area contributed by atoms with Crippen LogP contribution in [0.3, 0.4) is 0 Å². The first kappa shape index (κ1) is 16.7. The molecule has 1 fully saturated rings. The van der Waals surface area contributed by atoms with E-state index in [0.29, 0.717) is 11.4 Å². The highest BCUT2D eigenvalue weighted by atomic mass is 16.7. The quantitative estimate of drug-likeness (QED) is 0.783. The highest BCUT2D eigenvalue weighted by Gasteiger charge is 2.41. The van der Waals surface area contributed by atoms with Crippen LogP contribution in [0.1, 0.15) is 27.2 Å². The second-order valence-electron chi connectivity index (χ2n) is 5.70. The molecule has 1 aromatic rings. The summed E-state index contributed by atoms with van der Waals surface area (Å²) in [5.74, 6) is 0.419. The minimum atomic E-state index is -0.692. The number of nitrogens with two attached hydrogens (primary N) is 1. The Kier molecular flexibility index (Phi) is 5.39. The molecule has 22 heavy (non-hydrogen) atoms. The van der Waals surface area contributed by atoms with Crippen LogP contribution in [0.4, 0.5) is 5.69 Å². The Labute approximate surface area is 130 Å². The monoisotopic (exact) mass is 308 g/mol. The standard InChI is InChI=1S/C16H24N2O4/c1-4-13-9(2)15(20)14(17)16(22-13)21-12-7-5-11(6-8-12)18-10(3)19/h5-9,13-16,20H,4,17H2,1-3H3,(H,18,19)/t9-,13-,14-,15+,16+/m1/s1. The van der Waals surface area contributed by atoms with Gasteiger partial charge in [-0.25, -0.2) is 0 Å². The molecule has 0 radical (unpaired) electrons. The fourth-order valence-electron chi connectivity index (χ4n) is 2.65. The highest BCUT2D eigenvalue weighted by Crippen LogP contribution is 2.28. The third kappa shape index (κ3) is 3.76. The second-order valence-corrected chi connectivity index (χ2v) is 5.70. The number of aliphatic hydroxyl groups is 1. The van der Waals surface area contributed by atoms with Crippen molar-refractivity contribution in [1.82, 2.24) is 0 Å². The minimum Gasteiger partial charge on any atom is -0.463 e. The zero-order valence-electron chi connectivity index (χ0n) is 13.2. The number of hydrogen-bond acceptors (Lipinski definition) is 5. The molecular formula is C16H24N2O4. The van der Waals surface area contributed by atoms with Crippen LogP contribution in [0.5, 0.6) is 5.75 Å². The van der Waals surface area contributed by atoms with Crippen molar-refractivity contribution in [2.24, 2.45) is 11.7 Å². The van der Waals surface area contributed by atoms with E-state index >= 15 is 0 Å². The molecule has 4 N–H and O–H groups in total. The first-order valence-electron chi connectivity index (χ1n) is 7.55. The number of carbonyl (C=O) groups is 1. The fraction of sp³-hybridized carbons (Fsp3) is 0.562. The molecule has 1 amide bonds. The van der Waals surface area contributed by atoms with Crippen molar-refractivity contribution in [1.29, 1.82) is 0 Å². The number of carbonyl (C=O) groups excluding carboxylic acids is 1. The Morgan fingerprint density at radius 2 is 2.05 bits per heavy atom. The summed E-state index contributed by atoms with van der Waals surface area (Å²) in [4.78, 5) is 11.0. The van der Waals surface area contributed by atoms with E-state index in [9.17, 15) is 9.90 Å². The number of anilines is 1. The van der Waals surface area contributed by atoms with Crippen molar-refractivity contribution in [3.8, 4) is 5.75 Å². The van der Waals surface area contributed by atoms with Gasteiger partial charge in [0.05, 0.1) is 18.2 Å². The molecule has 6 heteroatoms. The van der Waals surface area contributed by atoms with Crippen LogP contribution in [0.15, 0.2) is 24.3 Å². The van der Waals surface area contributed by atoms with E-state index in [1.807, 2.05) is 13.8 Å². The summed E-state index contributed by atoms with van der Waals surface area (Å²) in [6.07, 6.45) is -0.657. The minimum absolute atomic E-state index is 0.0259. The summed E-state index contributed by atoms with van der Waals surface area (Å²) in [6.45, 7) is 5.38. The SMILES string of the molecule is CC[C@H]1O[C@H](Oc2ccc(NC(C)=O)cc2)[C@H](N)[C@@H](O)[C@@H]1C. The second kappa shape index (κ2) is 7.09. The smallest absolute Gasteiger partial charge is 0.221 e. The topological polar surface area (TPSA) is 93.8 Å². The molecule has 0 aliphatic carbocycles. The van der Waals surface area contributed by atoms with Crippen LogP contribution in [-0.2, 0) is 9.53 Å². The summed E-state index contributed by atoms with van der Waals surface area (Å²) in [7, 11) is 0. The number of ether oxygens (including phenoxy) is 2. The molecule has 5 atom stereocenters. The van der Waals surface area contributed by atoms with Crippen LogP contribution in [0.2, 0.25) is 0 Å². The van der Waals surface area contributed by atoms with Crippen LogP contribution in [0, 0.1) is 5.92 Å². The van der Waals surface area contributed by atoms with Crippen molar-refractivity contribution in [3.63, 3.8) is 0 Å². The van der Waals surface area contributed by atoms with Gasteiger partial charge in [-0.1, -0.05) is 13.8 Å². The van der Waals surface area contributed by atoms with Crippen molar-refractivity contribution < 1.29 is 19.4 Å². The van der Waals surface area contributed by atoms with Crippen LogP contribution >= 0.6 is 0 Å². The molecule has 0 bridgehead atoms. The van der Waals surface area contributed by atoms with E-state index in [-0.39, 0.29) is 17.9 Å². The Bertz CT molecular complexity index is 503. The van der Waals surface area contributed by atoms with Gasteiger partial charge in [-0.05, 0) is 30.7 Å². The first-order chi connectivity index (χ1) is 10.4. The predicted octanol–water partition coefficient (Wildman–Crippen LogP) is 1.48. The zero-order valence-corrected chi connectivity index (χ0v) is 13.2. The van der Waals surface area contributed by atoms with Gasteiger partial charge in [0.1, 0.15) is 5.75 Å². The number of amides is 1. The first-order valence-corrected chi connectivity index (χ1v) is 7.55.